The predicted octanol–water partition coefficient (Wildman–Crippen LogP) is 6.67. The van der Waals surface area contributed by atoms with Gasteiger partial charge < -0.3 is 8.83 Å². The van der Waals surface area contributed by atoms with Crippen molar-refractivity contribution in [3.05, 3.63) is 106 Å². The van der Waals surface area contributed by atoms with Gasteiger partial charge in [0, 0.05) is 22.1 Å². The van der Waals surface area contributed by atoms with Crippen molar-refractivity contribution in [1.29, 1.82) is 0 Å². The molecule has 7 nitrogen and oxygen atoms in total. The maximum Gasteiger partial charge on any atom is 0.279 e. The van der Waals surface area contributed by atoms with Crippen molar-refractivity contribution < 1.29 is 8.83 Å². The number of fused-ring (bicyclic) bond motifs is 1. The molecule has 9 heteroatoms. The fourth-order valence-corrected chi connectivity index (χ4v) is 4.55. The first-order valence-electron chi connectivity index (χ1n) is 10.5. The average Bonchev–Trinajstić information content (AvgIpc) is 3.60. The Morgan fingerprint density at radius 3 is 1.86 bits per heavy atom. The summed E-state index contributed by atoms with van der Waals surface area (Å²) in [5.74, 6) is 0.845. The van der Waals surface area contributed by atoms with Crippen LogP contribution < -0.4 is 5.56 Å². The Balaban J connectivity index is 1.69. The molecule has 3 heterocycles. The van der Waals surface area contributed by atoms with E-state index in [1.165, 1.54) is 17.2 Å². The van der Waals surface area contributed by atoms with E-state index >= 15 is 0 Å². The van der Waals surface area contributed by atoms with Gasteiger partial charge in [0.05, 0.1) is 33.5 Å². The minimum absolute atomic E-state index is 0.308. The Hall–Kier alpha value is -4.20. The van der Waals surface area contributed by atoms with Crippen LogP contribution in [0.5, 0.6) is 0 Å². The molecule has 0 aliphatic rings. The van der Waals surface area contributed by atoms with Gasteiger partial charge >= 0.3 is 0 Å². The Morgan fingerprint density at radius 1 is 0.714 bits per heavy atom. The highest BCUT2D eigenvalue weighted by Crippen LogP contribution is 2.34. The van der Waals surface area contributed by atoms with Gasteiger partial charge in [-0.25, -0.2) is 9.97 Å². The van der Waals surface area contributed by atoms with Crippen LogP contribution in [0.1, 0.15) is 0 Å². The summed E-state index contributed by atoms with van der Waals surface area (Å²) >= 11 is 12.9. The van der Waals surface area contributed by atoms with Crippen LogP contribution in [0.2, 0.25) is 10.0 Å². The third kappa shape index (κ3) is 3.71. The minimum Gasteiger partial charge on any atom is -0.445 e. The van der Waals surface area contributed by atoms with Gasteiger partial charge in [-0.3, -0.25) is 4.79 Å². The fraction of sp³-hybridized carbons (Fsp3) is 0. The van der Waals surface area contributed by atoms with E-state index < -0.39 is 0 Å². The lowest BCUT2D eigenvalue weighted by Crippen LogP contribution is -2.23. The molecule has 3 aromatic carbocycles. The van der Waals surface area contributed by atoms with Crippen molar-refractivity contribution in [3.63, 3.8) is 0 Å². The van der Waals surface area contributed by atoms with Crippen LogP contribution in [0.4, 0.5) is 0 Å². The zero-order chi connectivity index (χ0) is 23.9. The first-order chi connectivity index (χ1) is 17.1. The summed E-state index contributed by atoms with van der Waals surface area (Å²) in [6.07, 6.45) is 6.14. The van der Waals surface area contributed by atoms with Crippen LogP contribution in [0.25, 0.3) is 50.6 Å². The van der Waals surface area contributed by atoms with Crippen molar-refractivity contribution in [2.45, 2.75) is 0 Å². The molecule has 0 spiro atoms. The maximum absolute atomic E-state index is 13.5. The lowest BCUT2D eigenvalue weighted by molar-refractivity contribution is 0.572. The second-order valence-electron chi connectivity index (χ2n) is 7.65. The van der Waals surface area contributed by atoms with Gasteiger partial charge in [-0.05, 0) is 36.4 Å². The van der Waals surface area contributed by atoms with E-state index in [0.717, 1.165) is 0 Å². The van der Waals surface area contributed by atoms with Gasteiger partial charge in [0.2, 0.25) is 11.8 Å². The highest BCUT2D eigenvalue weighted by atomic mass is 35.5. The number of aromatic nitrogens is 4. The Morgan fingerprint density at radius 2 is 1.29 bits per heavy atom. The summed E-state index contributed by atoms with van der Waals surface area (Å²) in [7, 11) is 0. The van der Waals surface area contributed by atoms with E-state index in [2.05, 4.69) is 9.97 Å². The van der Waals surface area contributed by atoms with E-state index in [1.54, 1.807) is 42.7 Å². The van der Waals surface area contributed by atoms with E-state index in [1.807, 2.05) is 30.3 Å². The predicted molar refractivity (Wildman–Crippen MR) is 134 cm³/mol. The molecule has 0 saturated carbocycles. The summed E-state index contributed by atoms with van der Waals surface area (Å²) in [6.45, 7) is 0. The third-order valence-electron chi connectivity index (χ3n) is 5.52. The summed E-state index contributed by atoms with van der Waals surface area (Å²) in [5, 5.41) is 6.49. The van der Waals surface area contributed by atoms with Gasteiger partial charge in [0.1, 0.15) is 18.2 Å². The molecular formula is C26H14Cl2N4O3. The Labute approximate surface area is 208 Å². The Kier molecular flexibility index (Phi) is 5.21. The molecule has 3 aromatic heterocycles. The van der Waals surface area contributed by atoms with Crippen molar-refractivity contribution in [2.24, 2.45) is 0 Å². The molecule has 0 aliphatic heterocycles. The van der Waals surface area contributed by atoms with Crippen LogP contribution in [0.3, 0.4) is 0 Å². The molecule has 35 heavy (non-hydrogen) atoms. The van der Waals surface area contributed by atoms with Gasteiger partial charge in [0.15, 0.2) is 0 Å². The largest absolute Gasteiger partial charge is 0.445 e. The van der Waals surface area contributed by atoms with Gasteiger partial charge in [-0.15, -0.1) is 0 Å². The smallest absolute Gasteiger partial charge is 0.279 e. The first-order valence-corrected chi connectivity index (χ1v) is 11.3. The summed E-state index contributed by atoms with van der Waals surface area (Å²) in [5.41, 5.74) is 2.60. The summed E-state index contributed by atoms with van der Waals surface area (Å²) in [6, 6.07) is 17.9. The fourth-order valence-electron chi connectivity index (χ4n) is 3.99. The normalized spacial score (nSPS) is 11.3. The monoisotopic (exact) mass is 500 g/mol. The van der Waals surface area contributed by atoms with Crippen LogP contribution in [0, 0.1) is 0 Å². The molecular weight excluding hydrogens is 487 g/mol. The zero-order valence-electron chi connectivity index (χ0n) is 17.9. The quantitative estimate of drug-likeness (QED) is 0.268. The molecule has 0 amide bonds. The van der Waals surface area contributed by atoms with E-state index in [-0.39, 0.29) is 5.56 Å². The van der Waals surface area contributed by atoms with Crippen LogP contribution in [-0.4, -0.2) is 19.7 Å². The second-order valence-corrected chi connectivity index (χ2v) is 8.47. The minimum atomic E-state index is -0.337. The van der Waals surface area contributed by atoms with E-state index in [0.29, 0.717) is 60.7 Å². The van der Waals surface area contributed by atoms with E-state index in [9.17, 15) is 4.79 Å². The van der Waals surface area contributed by atoms with Gasteiger partial charge in [-0.1, -0.05) is 47.5 Å². The number of rotatable bonds is 4. The lowest BCUT2D eigenvalue weighted by Gasteiger charge is -2.14. The molecule has 0 aliphatic carbocycles. The average molecular weight is 501 g/mol. The number of benzene rings is 3. The number of halogens is 2. The molecule has 6 rings (SSSR count). The number of nitrogens with zero attached hydrogens (tertiary/aromatic N) is 4. The van der Waals surface area contributed by atoms with Gasteiger partial charge in [-0.2, -0.15) is 9.78 Å². The maximum atomic E-state index is 13.5. The molecule has 6 aromatic rings. The highest BCUT2D eigenvalue weighted by molar-refractivity contribution is 6.37. The van der Waals surface area contributed by atoms with Crippen molar-refractivity contribution >= 4 is 34.0 Å². The molecule has 0 radical (unpaired) electrons. The van der Waals surface area contributed by atoms with Gasteiger partial charge in [0.25, 0.3) is 5.56 Å². The number of hydrogen-bond donors (Lipinski definition) is 0. The third-order valence-corrected chi connectivity index (χ3v) is 6.13. The summed E-state index contributed by atoms with van der Waals surface area (Å²) in [4.78, 5) is 22.0. The SMILES string of the molecule is O=c1c2ccccc2c(-c2cc(-c3ncco3)cc(-c3ncco3)c2)nn1-c1c(Cl)cccc1Cl. The number of para-hydroxylation sites is 1. The molecule has 0 saturated heterocycles. The zero-order valence-corrected chi connectivity index (χ0v) is 19.4. The van der Waals surface area contributed by atoms with Crippen molar-refractivity contribution in [2.75, 3.05) is 0 Å². The standard InChI is InChI=1S/C26H14Cl2N4O3/c27-20-6-3-7-21(28)23(20)32-26(33)19-5-2-1-4-18(19)22(31-32)15-12-16(24-29-8-10-34-24)14-17(13-15)25-30-9-11-35-25/h1-14H. The van der Waals surface area contributed by atoms with Crippen LogP contribution in [0.15, 0.2) is 99.2 Å². The van der Waals surface area contributed by atoms with Crippen LogP contribution >= 0.6 is 23.2 Å². The number of oxazole rings is 2. The van der Waals surface area contributed by atoms with Crippen molar-refractivity contribution in [3.8, 4) is 39.9 Å². The number of hydrogen-bond acceptors (Lipinski definition) is 6. The van der Waals surface area contributed by atoms with Crippen molar-refractivity contribution in [1.82, 2.24) is 19.7 Å². The molecule has 0 N–H and O–H groups in total. The summed E-state index contributed by atoms with van der Waals surface area (Å²) < 4.78 is 12.3. The second kappa shape index (κ2) is 8.54. The molecule has 170 valence electrons. The topological polar surface area (TPSA) is 86.9 Å². The van der Waals surface area contributed by atoms with Crippen LogP contribution in [-0.2, 0) is 0 Å². The molecule has 0 bridgehead atoms. The lowest BCUT2D eigenvalue weighted by atomic mass is 9.99. The first kappa shape index (κ1) is 21.3. The Bertz CT molecular complexity index is 1670. The highest BCUT2D eigenvalue weighted by Gasteiger charge is 2.19. The molecule has 0 unspecified atom stereocenters. The molecule has 0 fully saturated rings. The van der Waals surface area contributed by atoms with E-state index in [4.69, 9.17) is 37.1 Å². The molecule has 0 atom stereocenters.